The van der Waals surface area contributed by atoms with Crippen molar-refractivity contribution < 1.29 is 27.9 Å². The molecular formula is C14H18N2O6S. The first-order chi connectivity index (χ1) is 10.8. The Hall–Kier alpha value is -1.97. The molecule has 1 saturated heterocycles. The maximum Gasteiger partial charge on any atom is 0.321 e. The minimum Gasteiger partial charge on any atom is -0.480 e. The lowest BCUT2D eigenvalue weighted by molar-refractivity contribution is -0.138. The molecule has 1 atom stereocenters. The van der Waals surface area contributed by atoms with Gasteiger partial charge in [-0.15, -0.1) is 0 Å². The molecular weight excluding hydrogens is 324 g/mol. The van der Waals surface area contributed by atoms with Crippen LogP contribution in [0.4, 0.5) is 0 Å². The molecule has 1 amide bonds. The molecule has 9 heteroatoms. The quantitative estimate of drug-likeness (QED) is 0.773. The first kappa shape index (κ1) is 17.4. The van der Waals surface area contributed by atoms with Crippen molar-refractivity contribution in [2.45, 2.75) is 17.9 Å². The topological polar surface area (TPSA) is 113 Å². The van der Waals surface area contributed by atoms with Crippen LogP contribution in [0.1, 0.15) is 17.3 Å². The van der Waals surface area contributed by atoms with Crippen molar-refractivity contribution in [3.8, 4) is 0 Å². The van der Waals surface area contributed by atoms with Crippen LogP contribution in [-0.2, 0) is 19.6 Å². The number of aliphatic carboxylic acids is 1. The van der Waals surface area contributed by atoms with Crippen molar-refractivity contribution >= 4 is 21.9 Å². The minimum absolute atomic E-state index is 0.0934. The number of carbonyl (C=O) groups excluding carboxylic acids is 1. The zero-order valence-corrected chi connectivity index (χ0v) is 13.4. The molecule has 0 saturated carbocycles. The van der Waals surface area contributed by atoms with Gasteiger partial charge in [0, 0.05) is 18.7 Å². The molecule has 1 unspecified atom stereocenters. The summed E-state index contributed by atoms with van der Waals surface area (Å²) in [5.74, 6) is -1.46. The van der Waals surface area contributed by atoms with Gasteiger partial charge in [0.25, 0.3) is 5.91 Å². The van der Waals surface area contributed by atoms with E-state index in [1.165, 1.54) is 31.2 Å². The number of hydrogen-bond donors (Lipinski definition) is 2. The number of ether oxygens (including phenoxy) is 1. The molecule has 0 spiro atoms. The molecule has 1 aliphatic rings. The van der Waals surface area contributed by atoms with Gasteiger partial charge in [-0.25, -0.2) is 8.42 Å². The van der Waals surface area contributed by atoms with Crippen LogP contribution < -0.4 is 4.72 Å². The van der Waals surface area contributed by atoms with Crippen LogP contribution in [-0.4, -0.2) is 62.6 Å². The van der Waals surface area contributed by atoms with E-state index in [0.717, 1.165) is 0 Å². The molecule has 2 N–H and O–H groups in total. The van der Waals surface area contributed by atoms with Gasteiger partial charge < -0.3 is 14.7 Å². The average molecular weight is 342 g/mol. The normalized spacial score (nSPS) is 16.8. The van der Waals surface area contributed by atoms with Gasteiger partial charge in [-0.2, -0.15) is 4.72 Å². The number of nitrogens with one attached hydrogen (secondary N) is 1. The van der Waals surface area contributed by atoms with E-state index < -0.39 is 22.0 Å². The molecule has 1 aliphatic heterocycles. The summed E-state index contributed by atoms with van der Waals surface area (Å²) in [5.41, 5.74) is 0.372. The number of sulfonamides is 1. The summed E-state index contributed by atoms with van der Waals surface area (Å²) in [4.78, 5) is 24.5. The zero-order valence-electron chi connectivity index (χ0n) is 12.6. The first-order valence-electron chi connectivity index (χ1n) is 7.03. The van der Waals surface area contributed by atoms with E-state index in [1.807, 2.05) is 4.72 Å². The van der Waals surface area contributed by atoms with Gasteiger partial charge in [-0.05, 0) is 31.2 Å². The fourth-order valence-electron chi connectivity index (χ4n) is 2.08. The lowest BCUT2D eigenvalue weighted by Gasteiger charge is -2.26. The van der Waals surface area contributed by atoms with Gasteiger partial charge in [-0.1, -0.05) is 0 Å². The number of amides is 1. The lowest BCUT2D eigenvalue weighted by Crippen LogP contribution is -2.40. The fraction of sp³-hybridized carbons (Fsp3) is 0.429. The van der Waals surface area contributed by atoms with Crippen molar-refractivity contribution in [3.05, 3.63) is 29.8 Å². The second-order valence-electron chi connectivity index (χ2n) is 5.11. The van der Waals surface area contributed by atoms with Crippen molar-refractivity contribution in [1.82, 2.24) is 9.62 Å². The standard InChI is InChI=1S/C14H18N2O6S/c1-10(14(18)19)15-23(20,21)12-4-2-11(3-5-12)13(17)16-6-8-22-9-7-16/h2-5,10,15H,6-9H2,1H3,(H,18,19). The molecule has 0 aliphatic carbocycles. The molecule has 23 heavy (non-hydrogen) atoms. The van der Waals surface area contributed by atoms with Gasteiger partial charge in [0.1, 0.15) is 6.04 Å². The summed E-state index contributed by atoms with van der Waals surface area (Å²) in [7, 11) is -3.95. The number of morpholine rings is 1. The van der Waals surface area contributed by atoms with E-state index >= 15 is 0 Å². The van der Waals surface area contributed by atoms with Crippen molar-refractivity contribution in [3.63, 3.8) is 0 Å². The summed E-state index contributed by atoms with van der Waals surface area (Å²) in [6.07, 6.45) is 0. The maximum atomic E-state index is 12.3. The smallest absolute Gasteiger partial charge is 0.321 e. The van der Waals surface area contributed by atoms with Gasteiger partial charge >= 0.3 is 5.97 Å². The molecule has 1 fully saturated rings. The molecule has 0 radical (unpaired) electrons. The predicted molar refractivity (Wildman–Crippen MR) is 80.6 cm³/mol. The fourth-order valence-corrected chi connectivity index (χ4v) is 3.27. The third kappa shape index (κ3) is 4.27. The van der Waals surface area contributed by atoms with E-state index in [-0.39, 0.29) is 10.8 Å². The van der Waals surface area contributed by atoms with E-state index in [2.05, 4.69) is 0 Å². The number of carboxylic acid groups (broad SMARTS) is 1. The van der Waals surface area contributed by atoms with E-state index in [4.69, 9.17) is 9.84 Å². The van der Waals surface area contributed by atoms with Crippen LogP contribution in [0.25, 0.3) is 0 Å². The van der Waals surface area contributed by atoms with E-state index in [0.29, 0.717) is 31.9 Å². The highest BCUT2D eigenvalue weighted by Crippen LogP contribution is 2.13. The van der Waals surface area contributed by atoms with Crippen LogP contribution >= 0.6 is 0 Å². The Morgan fingerprint density at radius 1 is 1.22 bits per heavy atom. The Bertz CT molecular complexity index is 680. The summed E-state index contributed by atoms with van der Waals surface area (Å²) in [6.45, 7) is 3.19. The predicted octanol–water partition coefficient (Wildman–Crippen LogP) is -0.0896. The Labute approximate surface area is 134 Å². The van der Waals surface area contributed by atoms with E-state index in [1.54, 1.807) is 4.90 Å². The summed E-state index contributed by atoms with van der Waals surface area (Å²) in [6, 6.07) is 4.15. The van der Waals surface area contributed by atoms with Gasteiger partial charge in [-0.3, -0.25) is 9.59 Å². The van der Waals surface area contributed by atoms with Crippen LogP contribution in [0.2, 0.25) is 0 Å². The molecule has 1 aromatic carbocycles. The monoisotopic (exact) mass is 342 g/mol. The number of carboxylic acids is 1. The lowest BCUT2D eigenvalue weighted by atomic mass is 10.2. The molecule has 126 valence electrons. The number of hydrogen-bond acceptors (Lipinski definition) is 5. The van der Waals surface area contributed by atoms with Crippen molar-refractivity contribution in [2.75, 3.05) is 26.3 Å². The third-order valence-corrected chi connectivity index (χ3v) is 4.97. The highest BCUT2D eigenvalue weighted by atomic mass is 32.2. The Morgan fingerprint density at radius 2 is 1.78 bits per heavy atom. The van der Waals surface area contributed by atoms with Crippen LogP contribution in [0.5, 0.6) is 0 Å². The second-order valence-corrected chi connectivity index (χ2v) is 6.82. The van der Waals surface area contributed by atoms with Gasteiger partial charge in [0.15, 0.2) is 0 Å². The summed E-state index contributed by atoms with van der Waals surface area (Å²) in [5, 5.41) is 8.77. The van der Waals surface area contributed by atoms with Gasteiger partial charge in [0.2, 0.25) is 10.0 Å². The summed E-state index contributed by atoms with van der Waals surface area (Å²) >= 11 is 0. The van der Waals surface area contributed by atoms with Crippen LogP contribution in [0, 0.1) is 0 Å². The van der Waals surface area contributed by atoms with Gasteiger partial charge in [0.05, 0.1) is 18.1 Å². The molecule has 0 aromatic heterocycles. The number of nitrogens with zero attached hydrogens (tertiary/aromatic N) is 1. The van der Waals surface area contributed by atoms with E-state index in [9.17, 15) is 18.0 Å². The average Bonchev–Trinajstić information content (AvgIpc) is 2.54. The SMILES string of the molecule is CC(NS(=O)(=O)c1ccc(C(=O)N2CCOCC2)cc1)C(=O)O. The molecule has 2 rings (SSSR count). The number of rotatable bonds is 5. The Morgan fingerprint density at radius 3 is 2.30 bits per heavy atom. The molecule has 1 heterocycles. The summed E-state index contributed by atoms with van der Waals surface area (Å²) < 4.78 is 31.3. The first-order valence-corrected chi connectivity index (χ1v) is 8.52. The highest BCUT2D eigenvalue weighted by molar-refractivity contribution is 7.89. The Kier molecular flexibility index (Phi) is 5.34. The Balaban J connectivity index is 2.12. The minimum atomic E-state index is -3.95. The number of benzene rings is 1. The maximum absolute atomic E-state index is 12.3. The molecule has 0 bridgehead atoms. The largest absolute Gasteiger partial charge is 0.480 e. The second kappa shape index (κ2) is 7.07. The number of carbonyl (C=O) groups is 2. The van der Waals surface area contributed by atoms with Crippen LogP contribution in [0.3, 0.4) is 0 Å². The highest BCUT2D eigenvalue weighted by Gasteiger charge is 2.23. The molecule has 1 aromatic rings. The van der Waals surface area contributed by atoms with Crippen molar-refractivity contribution in [2.24, 2.45) is 0 Å². The molecule has 8 nitrogen and oxygen atoms in total. The third-order valence-electron chi connectivity index (χ3n) is 3.41. The zero-order chi connectivity index (χ0) is 17.0. The van der Waals surface area contributed by atoms with Crippen LogP contribution in [0.15, 0.2) is 29.2 Å². The van der Waals surface area contributed by atoms with Crippen molar-refractivity contribution in [1.29, 1.82) is 0 Å².